The Balaban J connectivity index is 1.80. The van der Waals surface area contributed by atoms with Crippen molar-refractivity contribution >= 4 is 46.5 Å². The molecule has 2 N–H and O–H groups in total. The first kappa shape index (κ1) is 16.8. The van der Waals surface area contributed by atoms with E-state index in [1.807, 2.05) is 12.1 Å². The fraction of sp³-hybridized carbons (Fsp3) is 0.211. The number of benzene rings is 2. The van der Waals surface area contributed by atoms with E-state index in [1.165, 1.54) is 0 Å². The number of rotatable bonds is 2. The van der Waals surface area contributed by atoms with Crippen LogP contribution in [0.25, 0.3) is 0 Å². The first-order valence-corrected chi connectivity index (χ1v) is 9.04. The molecule has 0 aromatic heterocycles. The number of anilines is 1. The summed E-state index contributed by atoms with van der Waals surface area (Å²) in [6.45, 7) is 0. The summed E-state index contributed by atoms with van der Waals surface area (Å²) in [6.07, 6.45) is 5.21. The maximum absolute atomic E-state index is 11.1. The van der Waals surface area contributed by atoms with Crippen molar-refractivity contribution < 1.29 is 9.90 Å². The van der Waals surface area contributed by atoms with Crippen LogP contribution in [-0.4, -0.2) is 11.1 Å². The number of carboxylic acid groups (broad SMARTS) is 1. The van der Waals surface area contributed by atoms with Gasteiger partial charge in [0.1, 0.15) is 0 Å². The predicted octanol–water partition coefficient (Wildman–Crippen LogP) is 6.17. The summed E-state index contributed by atoms with van der Waals surface area (Å²) < 4.78 is 0. The molecule has 3 atom stereocenters. The van der Waals surface area contributed by atoms with Crippen LogP contribution in [0.3, 0.4) is 0 Å². The second kappa shape index (κ2) is 6.24. The number of hydrogen-bond donors (Lipinski definition) is 2. The van der Waals surface area contributed by atoms with E-state index in [9.17, 15) is 4.79 Å². The highest BCUT2D eigenvalue weighted by Gasteiger charge is 2.40. The lowest BCUT2D eigenvalue weighted by Crippen LogP contribution is -2.29. The van der Waals surface area contributed by atoms with Crippen LogP contribution in [0.5, 0.6) is 0 Å². The quantitative estimate of drug-likeness (QED) is 0.473. The summed E-state index contributed by atoms with van der Waals surface area (Å²) in [7, 11) is 0. The number of fused-ring (bicyclic) bond motifs is 3. The fourth-order valence-electron chi connectivity index (χ4n) is 3.82. The maximum atomic E-state index is 11.1. The van der Waals surface area contributed by atoms with Gasteiger partial charge >= 0.3 is 5.97 Å². The van der Waals surface area contributed by atoms with E-state index in [1.54, 1.807) is 18.2 Å². The van der Waals surface area contributed by atoms with Crippen LogP contribution in [0.4, 0.5) is 5.69 Å². The van der Waals surface area contributed by atoms with Crippen molar-refractivity contribution in [3.63, 3.8) is 0 Å². The lowest BCUT2D eigenvalue weighted by molar-refractivity contribution is 0.0697. The Morgan fingerprint density at radius 1 is 1.12 bits per heavy atom. The van der Waals surface area contributed by atoms with Crippen molar-refractivity contribution in [3.8, 4) is 0 Å². The summed E-state index contributed by atoms with van der Waals surface area (Å²) in [5, 5.41) is 14.1. The van der Waals surface area contributed by atoms with Gasteiger partial charge in [-0.3, -0.25) is 0 Å². The summed E-state index contributed by atoms with van der Waals surface area (Å²) in [6, 6.07) is 8.64. The summed E-state index contributed by atoms with van der Waals surface area (Å²) >= 11 is 19.1. The molecular weight excluding hydrogens is 381 g/mol. The molecule has 1 aliphatic carbocycles. The smallest absolute Gasteiger partial charge is 0.335 e. The molecule has 0 radical (unpaired) electrons. The lowest BCUT2D eigenvalue weighted by atomic mass is 9.77. The molecule has 25 heavy (non-hydrogen) atoms. The molecule has 128 valence electrons. The van der Waals surface area contributed by atoms with E-state index in [4.69, 9.17) is 39.9 Å². The zero-order valence-corrected chi connectivity index (χ0v) is 15.2. The molecule has 0 saturated heterocycles. The lowest BCUT2D eigenvalue weighted by Gasteiger charge is -2.38. The number of allylic oxidation sites excluding steroid dienone is 2. The van der Waals surface area contributed by atoms with Crippen LogP contribution in [0.1, 0.15) is 39.9 Å². The Bertz CT molecular complexity index is 893. The van der Waals surface area contributed by atoms with E-state index in [0.29, 0.717) is 15.1 Å². The van der Waals surface area contributed by atoms with Gasteiger partial charge in [0.25, 0.3) is 0 Å². The Morgan fingerprint density at radius 2 is 1.84 bits per heavy atom. The van der Waals surface area contributed by atoms with Crippen molar-refractivity contribution in [2.24, 2.45) is 5.92 Å². The van der Waals surface area contributed by atoms with Gasteiger partial charge in [-0.25, -0.2) is 4.79 Å². The molecular formula is C19H14Cl3NO2. The van der Waals surface area contributed by atoms with Gasteiger partial charge in [0, 0.05) is 11.5 Å². The fourth-order valence-corrected chi connectivity index (χ4v) is 4.63. The molecule has 0 fully saturated rings. The van der Waals surface area contributed by atoms with E-state index < -0.39 is 5.97 Å². The molecule has 6 heteroatoms. The van der Waals surface area contributed by atoms with Crippen molar-refractivity contribution in [2.75, 3.05) is 5.32 Å². The predicted molar refractivity (Wildman–Crippen MR) is 101 cm³/mol. The van der Waals surface area contributed by atoms with Crippen LogP contribution in [0.15, 0.2) is 42.5 Å². The number of aromatic carboxylic acids is 1. The molecule has 1 aliphatic heterocycles. The van der Waals surface area contributed by atoms with Gasteiger partial charge in [-0.15, -0.1) is 0 Å². The van der Waals surface area contributed by atoms with Crippen LogP contribution in [-0.2, 0) is 0 Å². The maximum Gasteiger partial charge on any atom is 0.335 e. The van der Waals surface area contributed by atoms with Gasteiger partial charge in [-0.1, -0.05) is 59.1 Å². The van der Waals surface area contributed by atoms with Gasteiger partial charge in [0.15, 0.2) is 0 Å². The highest BCUT2D eigenvalue weighted by atomic mass is 35.5. The molecule has 0 bridgehead atoms. The average molecular weight is 395 g/mol. The zero-order valence-electron chi connectivity index (χ0n) is 13.0. The molecule has 3 nitrogen and oxygen atoms in total. The van der Waals surface area contributed by atoms with E-state index in [-0.39, 0.29) is 23.4 Å². The topological polar surface area (TPSA) is 49.3 Å². The SMILES string of the molecule is O=C(O)c1ccc([C@@H]2Nc3c(Cl)cc(Cl)c(Cl)c3[C@@H]3C=CC[C@H]32)cc1. The summed E-state index contributed by atoms with van der Waals surface area (Å²) in [5.41, 5.74) is 3.04. The third kappa shape index (κ3) is 2.71. The number of carboxylic acids is 1. The minimum atomic E-state index is -0.932. The second-order valence-corrected chi connectivity index (χ2v) is 7.54. The standard InChI is InChI=1S/C19H14Cl3NO2/c20-13-8-14(21)18-15(16(13)22)11-2-1-3-12(11)17(23-18)9-4-6-10(7-5-9)19(24)25/h1-2,4-8,11-12,17,23H,3H2,(H,24,25)/t11-,12-,17+/m1/s1. The Morgan fingerprint density at radius 3 is 2.52 bits per heavy atom. The van der Waals surface area contributed by atoms with Crippen molar-refractivity contribution in [1.82, 2.24) is 0 Å². The Hall–Kier alpha value is -1.68. The van der Waals surface area contributed by atoms with Crippen LogP contribution in [0.2, 0.25) is 15.1 Å². The molecule has 4 rings (SSSR count). The van der Waals surface area contributed by atoms with Crippen molar-refractivity contribution in [1.29, 1.82) is 0 Å². The van der Waals surface area contributed by atoms with Crippen LogP contribution in [0, 0.1) is 5.92 Å². The number of nitrogens with one attached hydrogen (secondary N) is 1. The van der Waals surface area contributed by atoms with Gasteiger partial charge in [0.05, 0.1) is 32.4 Å². The zero-order chi connectivity index (χ0) is 17.7. The van der Waals surface area contributed by atoms with Crippen LogP contribution < -0.4 is 5.32 Å². The molecule has 0 spiro atoms. The highest BCUT2D eigenvalue weighted by molar-refractivity contribution is 6.44. The first-order chi connectivity index (χ1) is 12.0. The first-order valence-electron chi connectivity index (χ1n) is 7.91. The second-order valence-electron chi connectivity index (χ2n) is 6.35. The molecule has 1 heterocycles. The Kier molecular flexibility index (Phi) is 4.19. The normalized spacial score (nSPS) is 23.7. The minimum Gasteiger partial charge on any atom is -0.478 e. The molecule has 0 saturated carbocycles. The third-order valence-corrected chi connectivity index (χ3v) is 6.10. The van der Waals surface area contributed by atoms with Crippen molar-refractivity contribution in [3.05, 3.63) is 74.2 Å². The average Bonchev–Trinajstić information content (AvgIpc) is 3.08. The van der Waals surface area contributed by atoms with Gasteiger partial charge in [-0.2, -0.15) is 0 Å². The molecule has 2 aromatic rings. The van der Waals surface area contributed by atoms with Crippen LogP contribution >= 0.6 is 34.8 Å². The highest BCUT2D eigenvalue weighted by Crippen LogP contribution is 2.54. The van der Waals surface area contributed by atoms with E-state index >= 15 is 0 Å². The largest absolute Gasteiger partial charge is 0.478 e. The Labute approximate surface area is 160 Å². The minimum absolute atomic E-state index is 0.0186. The van der Waals surface area contributed by atoms with Gasteiger partial charge < -0.3 is 10.4 Å². The van der Waals surface area contributed by atoms with E-state index in [0.717, 1.165) is 23.2 Å². The monoisotopic (exact) mass is 393 g/mol. The van der Waals surface area contributed by atoms with Crippen molar-refractivity contribution in [2.45, 2.75) is 18.4 Å². The summed E-state index contributed by atoms with van der Waals surface area (Å²) in [5.74, 6) is -0.530. The molecule has 0 amide bonds. The molecule has 2 aromatic carbocycles. The van der Waals surface area contributed by atoms with Gasteiger partial charge in [-0.05, 0) is 36.1 Å². The number of carbonyl (C=O) groups is 1. The van der Waals surface area contributed by atoms with Gasteiger partial charge in [0.2, 0.25) is 0 Å². The molecule has 0 unspecified atom stereocenters. The molecule has 2 aliphatic rings. The number of hydrogen-bond acceptors (Lipinski definition) is 2. The van der Waals surface area contributed by atoms with E-state index in [2.05, 4.69) is 17.5 Å². The third-order valence-electron chi connectivity index (χ3n) is 5.00. The summed E-state index contributed by atoms with van der Waals surface area (Å²) in [4.78, 5) is 11.1. The number of halogens is 3.